The molecule has 0 aliphatic carbocycles. The van der Waals surface area contributed by atoms with Gasteiger partial charge in [-0.2, -0.15) is 0 Å². The van der Waals surface area contributed by atoms with Crippen molar-refractivity contribution < 1.29 is 32.6 Å². The fraction of sp³-hybridized carbons (Fsp3) is 0.344. The number of methoxy groups -OCH3 is 2. The van der Waals surface area contributed by atoms with E-state index in [0.717, 1.165) is 19.2 Å². The van der Waals surface area contributed by atoms with E-state index in [1.54, 1.807) is 24.3 Å². The standard InChI is InChI=1S/C32H31Cl2F2N3O5/c1-31(2,3)14-24-32(18-10-9-15(33)11-21(18)38-30(32)42)25(16-7-6-8-19(34)26(16)36)27(39-24)28(40)37-22-13-20(35)17(29(41)44-5)12-23(22)43-4/h6-13,24-25,27,39H,14H2,1-5H3,(H,37,40)(H,38,42)/t24-,25+,27+,32?/m0/s1. The van der Waals surface area contributed by atoms with Crippen molar-refractivity contribution in [1.82, 2.24) is 5.32 Å². The molecule has 1 unspecified atom stereocenters. The molecule has 0 radical (unpaired) electrons. The van der Waals surface area contributed by atoms with Crippen LogP contribution in [0.1, 0.15) is 54.6 Å². The molecular weight excluding hydrogens is 615 g/mol. The minimum absolute atomic E-state index is 0.0109. The van der Waals surface area contributed by atoms with Crippen LogP contribution in [0.3, 0.4) is 0 Å². The Morgan fingerprint density at radius 2 is 1.80 bits per heavy atom. The number of hydrogen-bond donors (Lipinski definition) is 3. The van der Waals surface area contributed by atoms with Crippen molar-refractivity contribution in [3.63, 3.8) is 0 Å². The van der Waals surface area contributed by atoms with Gasteiger partial charge in [-0.1, -0.05) is 62.2 Å². The van der Waals surface area contributed by atoms with Gasteiger partial charge in [0.15, 0.2) is 0 Å². The Balaban J connectivity index is 1.70. The van der Waals surface area contributed by atoms with Crippen molar-refractivity contribution in [2.45, 2.75) is 50.6 Å². The van der Waals surface area contributed by atoms with Crippen LogP contribution in [0.15, 0.2) is 48.5 Å². The van der Waals surface area contributed by atoms with Crippen LogP contribution in [0.25, 0.3) is 0 Å². The van der Waals surface area contributed by atoms with E-state index in [1.807, 2.05) is 20.8 Å². The average Bonchev–Trinajstić information content (AvgIpc) is 3.43. The van der Waals surface area contributed by atoms with Gasteiger partial charge < -0.3 is 25.4 Å². The lowest BCUT2D eigenvalue weighted by Gasteiger charge is -2.37. The number of esters is 1. The Morgan fingerprint density at radius 1 is 1.07 bits per heavy atom. The maximum absolute atomic E-state index is 16.0. The second-order valence-corrected chi connectivity index (χ2v) is 13.0. The summed E-state index contributed by atoms with van der Waals surface area (Å²) in [6.45, 7) is 5.99. The number of halogens is 4. The van der Waals surface area contributed by atoms with Gasteiger partial charge in [0, 0.05) is 28.7 Å². The lowest BCUT2D eigenvalue weighted by Crippen LogP contribution is -2.49. The van der Waals surface area contributed by atoms with Gasteiger partial charge in [-0.25, -0.2) is 13.6 Å². The Kier molecular flexibility index (Phi) is 8.39. The van der Waals surface area contributed by atoms with Gasteiger partial charge in [-0.15, -0.1) is 0 Å². The average molecular weight is 647 g/mol. The fourth-order valence-electron chi connectivity index (χ4n) is 6.45. The van der Waals surface area contributed by atoms with Crippen LogP contribution in [-0.4, -0.2) is 44.1 Å². The summed E-state index contributed by atoms with van der Waals surface area (Å²) in [6, 6.07) is 9.60. The predicted molar refractivity (Wildman–Crippen MR) is 164 cm³/mol. The minimum Gasteiger partial charge on any atom is -0.495 e. The molecule has 1 spiro atoms. The van der Waals surface area contributed by atoms with E-state index in [4.69, 9.17) is 27.9 Å². The summed E-state index contributed by atoms with van der Waals surface area (Å²) in [6.07, 6.45) is 0.413. The topological polar surface area (TPSA) is 106 Å². The smallest absolute Gasteiger partial charge is 0.340 e. The minimum atomic E-state index is -1.47. The molecule has 2 heterocycles. The Bertz CT molecular complexity index is 1680. The van der Waals surface area contributed by atoms with Gasteiger partial charge in [-0.3, -0.25) is 9.59 Å². The third-order valence-electron chi connectivity index (χ3n) is 8.17. The second kappa shape index (κ2) is 11.6. The van der Waals surface area contributed by atoms with Gasteiger partial charge in [0.2, 0.25) is 11.8 Å². The van der Waals surface area contributed by atoms with Crippen LogP contribution in [-0.2, 0) is 19.7 Å². The zero-order valence-electron chi connectivity index (χ0n) is 24.6. The molecule has 2 aliphatic rings. The molecule has 3 aromatic rings. The van der Waals surface area contributed by atoms with Crippen LogP contribution >= 0.6 is 23.2 Å². The molecule has 2 aliphatic heterocycles. The van der Waals surface area contributed by atoms with Gasteiger partial charge in [0.25, 0.3) is 0 Å². The SMILES string of the molecule is COC(=O)c1cc(OC)c(NC(=O)[C@@H]2N[C@@H](CC(C)(C)C)C3(C(=O)Nc4cc(Cl)ccc43)[C@@H]2c2cccc(Cl)c2F)cc1F. The van der Waals surface area contributed by atoms with Crippen LogP contribution in [0.5, 0.6) is 5.75 Å². The van der Waals surface area contributed by atoms with E-state index in [0.29, 0.717) is 22.7 Å². The highest BCUT2D eigenvalue weighted by atomic mass is 35.5. The molecular formula is C32H31Cl2F2N3O5. The molecule has 4 atom stereocenters. The normalized spacial score (nSPS) is 22.5. The third-order valence-corrected chi connectivity index (χ3v) is 8.70. The van der Waals surface area contributed by atoms with Crippen LogP contribution in [0, 0.1) is 17.0 Å². The van der Waals surface area contributed by atoms with Crippen LogP contribution in [0.4, 0.5) is 20.2 Å². The maximum atomic E-state index is 16.0. The second-order valence-electron chi connectivity index (χ2n) is 12.1. The van der Waals surface area contributed by atoms with E-state index < -0.39 is 52.8 Å². The van der Waals surface area contributed by atoms with Gasteiger partial charge in [0.1, 0.15) is 22.8 Å². The molecule has 3 aromatic carbocycles. The highest BCUT2D eigenvalue weighted by Gasteiger charge is 2.66. The van der Waals surface area contributed by atoms with E-state index >= 15 is 4.39 Å². The van der Waals surface area contributed by atoms with Crippen molar-refractivity contribution >= 4 is 52.4 Å². The third kappa shape index (κ3) is 5.29. The summed E-state index contributed by atoms with van der Waals surface area (Å²) in [5.74, 6) is -4.88. The molecule has 8 nitrogen and oxygen atoms in total. The molecule has 12 heteroatoms. The number of rotatable bonds is 6. The van der Waals surface area contributed by atoms with E-state index in [1.165, 1.54) is 19.2 Å². The van der Waals surface area contributed by atoms with Crippen molar-refractivity contribution in [2.75, 3.05) is 24.9 Å². The van der Waals surface area contributed by atoms with Gasteiger partial charge in [0.05, 0.1) is 36.5 Å². The molecule has 1 fully saturated rings. The highest BCUT2D eigenvalue weighted by molar-refractivity contribution is 6.31. The number of hydrogen-bond acceptors (Lipinski definition) is 6. The first-order valence-electron chi connectivity index (χ1n) is 13.8. The fourth-order valence-corrected chi connectivity index (χ4v) is 6.80. The van der Waals surface area contributed by atoms with Gasteiger partial charge in [-0.05, 0) is 47.2 Å². The summed E-state index contributed by atoms with van der Waals surface area (Å²) in [4.78, 5) is 40.5. The summed E-state index contributed by atoms with van der Waals surface area (Å²) in [5.41, 5.74) is -1.20. The molecule has 44 heavy (non-hydrogen) atoms. The number of carbonyl (C=O) groups excluding carboxylic acids is 3. The number of ether oxygens (including phenoxy) is 2. The number of anilines is 2. The van der Waals surface area contributed by atoms with Crippen LogP contribution in [0.2, 0.25) is 10.0 Å². The van der Waals surface area contributed by atoms with Crippen LogP contribution < -0.4 is 20.7 Å². The summed E-state index contributed by atoms with van der Waals surface area (Å²) < 4.78 is 40.9. The molecule has 0 saturated carbocycles. The molecule has 1 saturated heterocycles. The number of amides is 2. The Morgan fingerprint density at radius 3 is 2.45 bits per heavy atom. The first kappa shape index (κ1) is 31.7. The lowest BCUT2D eigenvalue weighted by molar-refractivity contribution is -0.122. The lowest BCUT2D eigenvalue weighted by atomic mass is 9.62. The van der Waals surface area contributed by atoms with Crippen molar-refractivity contribution in [3.8, 4) is 5.75 Å². The summed E-state index contributed by atoms with van der Waals surface area (Å²) in [7, 11) is 2.40. The summed E-state index contributed by atoms with van der Waals surface area (Å²) in [5, 5.41) is 9.15. The predicted octanol–water partition coefficient (Wildman–Crippen LogP) is 6.46. The molecule has 3 N–H and O–H groups in total. The number of carbonyl (C=O) groups is 3. The Hall–Kier alpha value is -3.73. The highest BCUT2D eigenvalue weighted by Crippen LogP contribution is 2.57. The summed E-state index contributed by atoms with van der Waals surface area (Å²) >= 11 is 12.5. The zero-order chi connectivity index (χ0) is 32.1. The van der Waals surface area contributed by atoms with Gasteiger partial charge >= 0.3 is 5.97 Å². The largest absolute Gasteiger partial charge is 0.495 e. The molecule has 0 bridgehead atoms. The van der Waals surface area contributed by atoms with Crippen molar-refractivity contribution in [3.05, 3.63) is 86.9 Å². The van der Waals surface area contributed by atoms with Crippen molar-refractivity contribution in [1.29, 1.82) is 0 Å². The zero-order valence-corrected chi connectivity index (χ0v) is 26.1. The van der Waals surface area contributed by atoms with E-state index in [9.17, 15) is 18.8 Å². The number of nitrogens with one attached hydrogen (secondary N) is 3. The van der Waals surface area contributed by atoms with Crippen molar-refractivity contribution in [2.24, 2.45) is 5.41 Å². The quantitative estimate of drug-likeness (QED) is 0.266. The first-order chi connectivity index (χ1) is 20.7. The number of fused-ring (bicyclic) bond motifs is 2. The monoisotopic (exact) mass is 645 g/mol. The molecule has 232 valence electrons. The molecule has 2 amide bonds. The van der Waals surface area contributed by atoms with E-state index in [-0.39, 0.29) is 33.0 Å². The molecule has 0 aromatic heterocycles. The molecule has 5 rings (SSSR count). The van der Waals surface area contributed by atoms with E-state index in [2.05, 4.69) is 20.7 Å². The first-order valence-corrected chi connectivity index (χ1v) is 14.6. The maximum Gasteiger partial charge on any atom is 0.340 e. The Labute approximate surface area is 263 Å². The number of benzene rings is 3.